The highest BCUT2D eigenvalue weighted by Crippen LogP contribution is 2.35. The van der Waals surface area contributed by atoms with E-state index in [1.807, 2.05) is 0 Å². The van der Waals surface area contributed by atoms with Crippen LogP contribution in [0.3, 0.4) is 0 Å². The third-order valence-corrected chi connectivity index (χ3v) is 4.97. The van der Waals surface area contributed by atoms with Crippen molar-refractivity contribution in [3.05, 3.63) is 33.8 Å². The maximum absolute atomic E-state index is 11.9. The fourth-order valence-corrected chi connectivity index (χ4v) is 3.82. The van der Waals surface area contributed by atoms with Crippen LogP contribution in [0.2, 0.25) is 10.0 Å². The molecular formula is C13H17Cl2NO4S. The Bertz CT molecular complexity index is 584. The molecule has 2 unspecified atom stereocenters. The number of hydrogen-bond donors (Lipinski definition) is 1. The fraction of sp³-hybridized carbons (Fsp3) is 0.538. The molecule has 1 aromatic rings. The van der Waals surface area contributed by atoms with Crippen molar-refractivity contribution in [1.82, 2.24) is 4.72 Å². The molecule has 118 valence electrons. The first-order chi connectivity index (χ1) is 9.84. The molecule has 0 spiro atoms. The van der Waals surface area contributed by atoms with Crippen molar-refractivity contribution in [3.63, 3.8) is 0 Å². The molecule has 21 heavy (non-hydrogen) atoms. The predicted molar refractivity (Wildman–Crippen MR) is 81.8 cm³/mol. The zero-order chi connectivity index (χ0) is 15.6. The SMILES string of the molecule is COC(c1c(Cl)cccc1Cl)C(C)OS(=O)(=O)NC1CC1. The molecule has 0 radical (unpaired) electrons. The number of methoxy groups -OCH3 is 1. The molecule has 1 aliphatic carbocycles. The van der Waals surface area contributed by atoms with E-state index in [0.717, 1.165) is 12.8 Å². The van der Waals surface area contributed by atoms with Gasteiger partial charge in [0.05, 0.1) is 0 Å². The molecule has 0 aliphatic heterocycles. The van der Waals surface area contributed by atoms with Gasteiger partial charge in [0.15, 0.2) is 0 Å². The molecule has 0 heterocycles. The summed E-state index contributed by atoms with van der Waals surface area (Å²) in [7, 11) is -2.37. The van der Waals surface area contributed by atoms with E-state index in [-0.39, 0.29) is 6.04 Å². The highest BCUT2D eigenvalue weighted by atomic mass is 35.5. The van der Waals surface area contributed by atoms with Crippen LogP contribution in [0.15, 0.2) is 18.2 Å². The van der Waals surface area contributed by atoms with Crippen molar-refractivity contribution in [2.45, 2.75) is 38.0 Å². The molecule has 2 rings (SSSR count). The molecule has 0 saturated heterocycles. The van der Waals surface area contributed by atoms with Crippen molar-refractivity contribution < 1.29 is 17.3 Å². The zero-order valence-corrected chi connectivity index (χ0v) is 14.0. The van der Waals surface area contributed by atoms with E-state index in [1.165, 1.54) is 7.11 Å². The average molecular weight is 354 g/mol. The Morgan fingerprint density at radius 3 is 2.33 bits per heavy atom. The molecular weight excluding hydrogens is 337 g/mol. The first-order valence-corrected chi connectivity index (χ1v) is 8.67. The van der Waals surface area contributed by atoms with Crippen LogP contribution in [0.25, 0.3) is 0 Å². The Balaban J connectivity index is 2.16. The van der Waals surface area contributed by atoms with E-state index in [4.69, 9.17) is 32.1 Å². The molecule has 0 aromatic heterocycles. The molecule has 1 saturated carbocycles. The minimum atomic E-state index is -3.82. The normalized spacial score (nSPS) is 18.5. The fourth-order valence-electron chi connectivity index (χ4n) is 2.01. The van der Waals surface area contributed by atoms with Crippen molar-refractivity contribution in [3.8, 4) is 0 Å². The summed E-state index contributed by atoms with van der Waals surface area (Å²) in [6, 6.07) is 5.02. The van der Waals surface area contributed by atoms with Crippen molar-refractivity contribution >= 4 is 33.5 Å². The van der Waals surface area contributed by atoms with Gasteiger partial charge in [-0.25, -0.2) is 0 Å². The van der Waals surface area contributed by atoms with Crippen LogP contribution in [-0.2, 0) is 19.2 Å². The maximum atomic E-state index is 11.9. The van der Waals surface area contributed by atoms with E-state index in [1.54, 1.807) is 25.1 Å². The standard InChI is InChI=1S/C13H17Cl2NO4S/c1-8(20-21(17,18)16-9-6-7-9)13(19-2)12-10(14)4-3-5-11(12)15/h3-5,8-9,13,16H,6-7H2,1-2H3. The molecule has 0 amide bonds. The van der Waals surface area contributed by atoms with Gasteiger partial charge in [0.1, 0.15) is 12.2 Å². The van der Waals surface area contributed by atoms with Crippen LogP contribution in [0.1, 0.15) is 31.4 Å². The number of hydrogen-bond acceptors (Lipinski definition) is 4. The second-order valence-corrected chi connectivity index (χ2v) is 7.09. The van der Waals surface area contributed by atoms with Gasteiger partial charge in [-0.1, -0.05) is 29.3 Å². The summed E-state index contributed by atoms with van der Waals surface area (Å²) in [5.74, 6) is 0. The number of benzene rings is 1. The second kappa shape index (κ2) is 6.81. The molecule has 1 N–H and O–H groups in total. The lowest BCUT2D eigenvalue weighted by molar-refractivity contribution is 0.0119. The number of rotatable bonds is 7. The van der Waals surface area contributed by atoms with Crippen molar-refractivity contribution in [1.29, 1.82) is 0 Å². The van der Waals surface area contributed by atoms with E-state index in [0.29, 0.717) is 15.6 Å². The zero-order valence-electron chi connectivity index (χ0n) is 11.7. The van der Waals surface area contributed by atoms with Gasteiger partial charge in [0, 0.05) is 28.8 Å². The average Bonchev–Trinajstić information content (AvgIpc) is 3.16. The topological polar surface area (TPSA) is 64.6 Å². The summed E-state index contributed by atoms with van der Waals surface area (Å²) in [5.41, 5.74) is 0.512. The molecule has 1 aromatic carbocycles. The summed E-state index contributed by atoms with van der Waals surface area (Å²) in [4.78, 5) is 0. The van der Waals surface area contributed by atoms with Gasteiger partial charge in [-0.15, -0.1) is 0 Å². The first-order valence-electron chi connectivity index (χ1n) is 6.51. The lowest BCUT2D eigenvalue weighted by Crippen LogP contribution is -2.33. The predicted octanol–water partition coefficient (Wildman–Crippen LogP) is 3.08. The Labute approximate surface area is 134 Å². The van der Waals surface area contributed by atoms with Crippen LogP contribution in [0.4, 0.5) is 0 Å². The second-order valence-electron chi connectivity index (χ2n) is 4.94. The van der Waals surface area contributed by atoms with E-state index >= 15 is 0 Å². The maximum Gasteiger partial charge on any atom is 0.336 e. The summed E-state index contributed by atoms with van der Waals surface area (Å²) < 4.78 is 36.6. The Morgan fingerprint density at radius 1 is 1.29 bits per heavy atom. The van der Waals surface area contributed by atoms with Crippen molar-refractivity contribution in [2.24, 2.45) is 0 Å². The van der Waals surface area contributed by atoms with Crippen LogP contribution >= 0.6 is 23.2 Å². The van der Waals surface area contributed by atoms with Crippen LogP contribution < -0.4 is 4.72 Å². The van der Waals surface area contributed by atoms with Gasteiger partial charge in [-0.05, 0) is 31.9 Å². The highest BCUT2D eigenvalue weighted by Gasteiger charge is 2.32. The summed E-state index contributed by atoms with van der Waals surface area (Å²) in [6.07, 6.45) is 0.202. The smallest absolute Gasteiger partial charge is 0.336 e. The van der Waals surface area contributed by atoms with Gasteiger partial charge in [0.2, 0.25) is 0 Å². The van der Waals surface area contributed by atoms with Crippen LogP contribution in [0.5, 0.6) is 0 Å². The molecule has 8 heteroatoms. The molecule has 2 atom stereocenters. The van der Waals surface area contributed by atoms with Gasteiger partial charge in [-0.2, -0.15) is 13.1 Å². The van der Waals surface area contributed by atoms with Crippen LogP contribution in [0, 0.1) is 0 Å². The van der Waals surface area contributed by atoms with Gasteiger partial charge >= 0.3 is 10.3 Å². The summed E-state index contributed by atoms with van der Waals surface area (Å²) in [6.45, 7) is 1.60. The molecule has 1 fully saturated rings. The van der Waals surface area contributed by atoms with Crippen LogP contribution in [-0.4, -0.2) is 27.7 Å². The van der Waals surface area contributed by atoms with E-state index < -0.39 is 22.5 Å². The van der Waals surface area contributed by atoms with Gasteiger partial charge in [-0.3, -0.25) is 4.18 Å². The molecule has 0 bridgehead atoms. The number of halogens is 2. The lowest BCUT2D eigenvalue weighted by atomic mass is 10.1. The molecule has 5 nitrogen and oxygen atoms in total. The van der Waals surface area contributed by atoms with Gasteiger partial charge in [0.25, 0.3) is 0 Å². The largest absolute Gasteiger partial charge is 0.374 e. The summed E-state index contributed by atoms with van der Waals surface area (Å²) in [5, 5.41) is 0.801. The minimum absolute atomic E-state index is 0.0212. The van der Waals surface area contributed by atoms with Crippen molar-refractivity contribution in [2.75, 3.05) is 7.11 Å². The third kappa shape index (κ3) is 4.55. The number of ether oxygens (including phenoxy) is 1. The Kier molecular flexibility index (Phi) is 5.51. The number of nitrogens with one attached hydrogen (secondary N) is 1. The first kappa shape index (κ1) is 17.0. The third-order valence-electron chi connectivity index (χ3n) is 3.13. The summed E-state index contributed by atoms with van der Waals surface area (Å²) >= 11 is 12.3. The monoisotopic (exact) mass is 353 g/mol. The molecule has 1 aliphatic rings. The highest BCUT2D eigenvalue weighted by molar-refractivity contribution is 7.84. The van der Waals surface area contributed by atoms with E-state index in [9.17, 15) is 8.42 Å². The van der Waals surface area contributed by atoms with Gasteiger partial charge < -0.3 is 4.74 Å². The quantitative estimate of drug-likeness (QED) is 0.817. The minimum Gasteiger partial charge on any atom is -0.374 e. The Morgan fingerprint density at radius 2 is 1.86 bits per heavy atom. The van der Waals surface area contributed by atoms with E-state index in [2.05, 4.69) is 4.72 Å². The lowest BCUT2D eigenvalue weighted by Gasteiger charge is -2.24. The Hall–Kier alpha value is -0.370.